The molecule has 0 atom stereocenters. The molecular formula is C21H14F4N2O. The lowest BCUT2D eigenvalue weighted by Gasteiger charge is -2.15. The zero-order valence-electron chi connectivity index (χ0n) is 14.4. The number of alkyl halides is 3. The van der Waals surface area contributed by atoms with E-state index in [4.69, 9.17) is 5.73 Å². The number of primary amides is 1. The predicted octanol–water partition coefficient (Wildman–Crippen LogP) is 5.10. The SMILES string of the molecule is NC(=O)c1cccc2c1c1ccccc1n2Cc1c(F)cccc1C(F)(F)F. The Morgan fingerprint density at radius 2 is 1.61 bits per heavy atom. The number of carbonyl (C=O) groups excluding carboxylic acids is 1. The molecule has 7 heteroatoms. The maximum atomic E-state index is 14.4. The third-order valence-electron chi connectivity index (χ3n) is 4.80. The molecule has 0 spiro atoms. The summed E-state index contributed by atoms with van der Waals surface area (Å²) in [7, 11) is 0. The van der Waals surface area contributed by atoms with E-state index in [1.165, 1.54) is 0 Å². The average molecular weight is 386 g/mol. The van der Waals surface area contributed by atoms with E-state index in [0.717, 1.165) is 18.2 Å². The topological polar surface area (TPSA) is 48.0 Å². The fourth-order valence-corrected chi connectivity index (χ4v) is 3.62. The summed E-state index contributed by atoms with van der Waals surface area (Å²) >= 11 is 0. The molecule has 4 aromatic rings. The lowest BCUT2D eigenvalue weighted by atomic mass is 10.1. The number of rotatable bonds is 3. The number of amides is 1. The first kappa shape index (κ1) is 18.0. The van der Waals surface area contributed by atoms with Gasteiger partial charge >= 0.3 is 6.18 Å². The first-order valence-electron chi connectivity index (χ1n) is 8.43. The van der Waals surface area contributed by atoms with Crippen LogP contribution in [-0.4, -0.2) is 10.5 Å². The molecule has 4 rings (SSSR count). The van der Waals surface area contributed by atoms with Crippen molar-refractivity contribution in [2.24, 2.45) is 5.73 Å². The number of halogens is 4. The van der Waals surface area contributed by atoms with Gasteiger partial charge in [-0.2, -0.15) is 13.2 Å². The quantitative estimate of drug-likeness (QED) is 0.490. The van der Waals surface area contributed by atoms with Gasteiger partial charge in [0.2, 0.25) is 5.91 Å². The summed E-state index contributed by atoms with van der Waals surface area (Å²) in [4.78, 5) is 11.9. The molecule has 0 unspecified atom stereocenters. The van der Waals surface area contributed by atoms with Gasteiger partial charge in [0.25, 0.3) is 0 Å². The lowest BCUT2D eigenvalue weighted by molar-refractivity contribution is -0.138. The molecule has 0 saturated carbocycles. The smallest absolute Gasteiger partial charge is 0.366 e. The van der Waals surface area contributed by atoms with Crippen molar-refractivity contribution >= 4 is 27.7 Å². The van der Waals surface area contributed by atoms with Crippen LogP contribution in [0, 0.1) is 5.82 Å². The highest BCUT2D eigenvalue weighted by Gasteiger charge is 2.34. The van der Waals surface area contributed by atoms with E-state index in [1.54, 1.807) is 47.0 Å². The minimum absolute atomic E-state index is 0.261. The van der Waals surface area contributed by atoms with Crippen molar-refractivity contribution in [3.05, 3.63) is 83.2 Å². The monoisotopic (exact) mass is 386 g/mol. The molecule has 0 fully saturated rings. The molecule has 3 nitrogen and oxygen atoms in total. The molecule has 28 heavy (non-hydrogen) atoms. The number of benzene rings is 3. The second-order valence-corrected chi connectivity index (χ2v) is 6.43. The maximum Gasteiger partial charge on any atom is 0.416 e. The van der Waals surface area contributed by atoms with Crippen molar-refractivity contribution in [1.82, 2.24) is 4.57 Å². The van der Waals surface area contributed by atoms with E-state index in [0.29, 0.717) is 21.8 Å². The molecule has 1 amide bonds. The van der Waals surface area contributed by atoms with E-state index in [-0.39, 0.29) is 12.1 Å². The summed E-state index contributed by atoms with van der Waals surface area (Å²) in [5, 5.41) is 1.20. The van der Waals surface area contributed by atoms with Crippen molar-refractivity contribution in [3.63, 3.8) is 0 Å². The molecule has 0 aliphatic heterocycles. The number of nitrogens with two attached hydrogens (primary N) is 1. The molecule has 142 valence electrons. The fourth-order valence-electron chi connectivity index (χ4n) is 3.62. The van der Waals surface area contributed by atoms with Gasteiger partial charge in [-0.1, -0.05) is 30.3 Å². The van der Waals surface area contributed by atoms with Gasteiger partial charge in [0, 0.05) is 27.4 Å². The Morgan fingerprint density at radius 3 is 2.32 bits per heavy atom. The molecule has 2 N–H and O–H groups in total. The molecule has 0 radical (unpaired) electrons. The molecule has 0 bridgehead atoms. The maximum absolute atomic E-state index is 14.4. The van der Waals surface area contributed by atoms with Gasteiger partial charge in [-0.3, -0.25) is 4.79 Å². The van der Waals surface area contributed by atoms with Gasteiger partial charge in [-0.05, 0) is 30.3 Å². The van der Waals surface area contributed by atoms with Crippen molar-refractivity contribution in [3.8, 4) is 0 Å². The van der Waals surface area contributed by atoms with Crippen molar-refractivity contribution < 1.29 is 22.4 Å². The number of para-hydroxylation sites is 1. The Kier molecular flexibility index (Phi) is 4.10. The average Bonchev–Trinajstić information content (AvgIpc) is 2.96. The Morgan fingerprint density at radius 1 is 0.929 bits per heavy atom. The van der Waals surface area contributed by atoms with Crippen LogP contribution in [-0.2, 0) is 12.7 Å². The summed E-state index contributed by atoms with van der Waals surface area (Å²) in [6.07, 6.45) is -4.69. The number of fused-ring (bicyclic) bond motifs is 3. The Hall–Kier alpha value is -3.35. The van der Waals surface area contributed by atoms with Gasteiger partial charge in [0.15, 0.2) is 0 Å². The molecular weight excluding hydrogens is 372 g/mol. The van der Waals surface area contributed by atoms with Crippen LogP contribution >= 0.6 is 0 Å². The molecule has 0 saturated heterocycles. The Labute approximate surface area is 157 Å². The normalized spacial score (nSPS) is 12.0. The van der Waals surface area contributed by atoms with Crippen LogP contribution in [0.4, 0.5) is 17.6 Å². The second kappa shape index (κ2) is 6.37. The van der Waals surface area contributed by atoms with Crippen LogP contribution in [0.1, 0.15) is 21.5 Å². The van der Waals surface area contributed by atoms with Crippen molar-refractivity contribution in [2.75, 3.05) is 0 Å². The van der Waals surface area contributed by atoms with Crippen molar-refractivity contribution in [1.29, 1.82) is 0 Å². The lowest BCUT2D eigenvalue weighted by Crippen LogP contribution is -2.14. The highest BCUT2D eigenvalue weighted by Crippen LogP contribution is 2.36. The first-order valence-corrected chi connectivity index (χ1v) is 8.43. The van der Waals surface area contributed by atoms with E-state index in [2.05, 4.69) is 0 Å². The first-order chi connectivity index (χ1) is 13.3. The summed E-state index contributed by atoms with van der Waals surface area (Å²) in [6.45, 7) is -0.340. The van der Waals surface area contributed by atoms with Crippen LogP contribution < -0.4 is 5.73 Å². The van der Waals surface area contributed by atoms with Gasteiger partial charge in [-0.25, -0.2) is 4.39 Å². The molecule has 3 aromatic carbocycles. The largest absolute Gasteiger partial charge is 0.416 e. The van der Waals surface area contributed by atoms with E-state index in [9.17, 15) is 22.4 Å². The molecule has 0 aliphatic rings. The Balaban J connectivity index is 2.04. The second-order valence-electron chi connectivity index (χ2n) is 6.43. The Bertz CT molecular complexity index is 1220. The van der Waals surface area contributed by atoms with Crippen LogP contribution in [0.5, 0.6) is 0 Å². The molecule has 1 heterocycles. The summed E-state index contributed by atoms with van der Waals surface area (Å²) in [5.41, 5.74) is 5.36. The van der Waals surface area contributed by atoms with E-state index in [1.807, 2.05) is 0 Å². The van der Waals surface area contributed by atoms with E-state index < -0.39 is 29.0 Å². The van der Waals surface area contributed by atoms with Crippen LogP contribution in [0.2, 0.25) is 0 Å². The standard InChI is InChI=1S/C21H14F4N2O/c22-16-8-4-7-15(21(23,24)25)14(16)11-27-17-9-2-1-5-12(17)19-13(20(26)28)6-3-10-18(19)27/h1-10H,11H2,(H2,26,28). The zero-order valence-corrected chi connectivity index (χ0v) is 14.4. The van der Waals surface area contributed by atoms with Gasteiger partial charge in [-0.15, -0.1) is 0 Å². The van der Waals surface area contributed by atoms with Gasteiger partial charge in [0.1, 0.15) is 5.82 Å². The minimum atomic E-state index is -4.69. The number of nitrogens with zero attached hydrogens (tertiary/aromatic N) is 1. The summed E-state index contributed by atoms with van der Waals surface area (Å²) in [6, 6.07) is 14.7. The van der Waals surface area contributed by atoms with E-state index >= 15 is 0 Å². The number of aromatic nitrogens is 1. The number of hydrogen-bond acceptors (Lipinski definition) is 1. The predicted molar refractivity (Wildman–Crippen MR) is 98.5 cm³/mol. The third kappa shape index (κ3) is 2.79. The molecule has 0 aliphatic carbocycles. The zero-order chi connectivity index (χ0) is 20.1. The van der Waals surface area contributed by atoms with Crippen LogP contribution in [0.3, 0.4) is 0 Å². The highest BCUT2D eigenvalue weighted by atomic mass is 19.4. The van der Waals surface area contributed by atoms with Crippen molar-refractivity contribution in [2.45, 2.75) is 12.7 Å². The minimum Gasteiger partial charge on any atom is -0.366 e. The number of hydrogen-bond donors (Lipinski definition) is 1. The summed E-state index contributed by atoms with van der Waals surface area (Å²) < 4.78 is 56.2. The van der Waals surface area contributed by atoms with Crippen LogP contribution in [0.15, 0.2) is 60.7 Å². The highest BCUT2D eigenvalue weighted by molar-refractivity contribution is 6.17. The van der Waals surface area contributed by atoms with Gasteiger partial charge < -0.3 is 10.3 Å². The third-order valence-corrected chi connectivity index (χ3v) is 4.80. The summed E-state index contributed by atoms with van der Waals surface area (Å²) in [5.74, 6) is -1.58. The molecule has 1 aromatic heterocycles. The van der Waals surface area contributed by atoms with Crippen LogP contribution in [0.25, 0.3) is 21.8 Å². The number of carbonyl (C=O) groups is 1. The fraction of sp³-hybridized carbons (Fsp3) is 0.0952. The van der Waals surface area contributed by atoms with Gasteiger partial charge in [0.05, 0.1) is 17.6 Å².